The molecule has 2 fully saturated rings. The fourth-order valence-electron chi connectivity index (χ4n) is 3.01. The van der Waals surface area contributed by atoms with Gasteiger partial charge in [-0.25, -0.2) is 0 Å². The molecule has 2 heteroatoms. The number of hydrogen-bond donors (Lipinski definition) is 1. The minimum atomic E-state index is 0.374. The van der Waals surface area contributed by atoms with Crippen molar-refractivity contribution in [3.63, 3.8) is 0 Å². The van der Waals surface area contributed by atoms with E-state index in [9.17, 15) is 0 Å². The predicted molar refractivity (Wildman–Crippen MR) is 69.4 cm³/mol. The summed E-state index contributed by atoms with van der Waals surface area (Å²) < 4.78 is 0. The standard InChI is InChI=1S/C14H28N2/c1-11(2)16(9-12-6-7-12)10-14(3)8-4-5-13(14)15/h11-13H,4-10,15H2,1-3H3. The van der Waals surface area contributed by atoms with Crippen molar-refractivity contribution in [2.24, 2.45) is 17.1 Å². The fraction of sp³-hybridized carbons (Fsp3) is 1.00. The molecular weight excluding hydrogens is 196 g/mol. The number of nitrogens with two attached hydrogens (primary N) is 1. The molecule has 0 heterocycles. The summed E-state index contributed by atoms with van der Waals surface area (Å²) in [5.41, 5.74) is 6.66. The monoisotopic (exact) mass is 224 g/mol. The van der Waals surface area contributed by atoms with Crippen LogP contribution in [0.5, 0.6) is 0 Å². The molecule has 2 unspecified atom stereocenters. The van der Waals surface area contributed by atoms with Gasteiger partial charge in [0.1, 0.15) is 0 Å². The Morgan fingerprint density at radius 3 is 2.44 bits per heavy atom. The zero-order valence-electron chi connectivity index (χ0n) is 11.2. The van der Waals surface area contributed by atoms with E-state index in [-0.39, 0.29) is 0 Å². The van der Waals surface area contributed by atoms with E-state index >= 15 is 0 Å². The smallest absolute Gasteiger partial charge is 0.0105 e. The summed E-state index contributed by atoms with van der Waals surface area (Å²) >= 11 is 0. The van der Waals surface area contributed by atoms with Crippen molar-refractivity contribution in [2.75, 3.05) is 13.1 Å². The zero-order chi connectivity index (χ0) is 11.8. The summed E-state index contributed by atoms with van der Waals surface area (Å²) in [5.74, 6) is 0.989. The van der Waals surface area contributed by atoms with Gasteiger partial charge in [-0.05, 0) is 50.9 Å². The molecule has 0 aromatic carbocycles. The highest BCUT2D eigenvalue weighted by atomic mass is 15.2. The SMILES string of the molecule is CC(C)N(CC1CC1)CC1(C)CCCC1N. The summed E-state index contributed by atoms with van der Waals surface area (Å²) in [6, 6.07) is 1.10. The lowest BCUT2D eigenvalue weighted by Crippen LogP contribution is -2.47. The van der Waals surface area contributed by atoms with Gasteiger partial charge < -0.3 is 10.6 Å². The van der Waals surface area contributed by atoms with Gasteiger partial charge in [-0.2, -0.15) is 0 Å². The molecule has 2 atom stereocenters. The number of rotatable bonds is 5. The molecule has 16 heavy (non-hydrogen) atoms. The van der Waals surface area contributed by atoms with Gasteiger partial charge in [0, 0.05) is 25.2 Å². The lowest BCUT2D eigenvalue weighted by molar-refractivity contribution is 0.120. The van der Waals surface area contributed by atoms with E-state index in [1.165, 1.54) is 45.2 Å². The van der Waals surface area contributed by atoms with Crippen LogP contribution in [0.15, 0.2) is 0 Å². The Morgan fingerprint density at radius 1 is 1.31 bits per heavy atom. The fourth-order valence-corrected chi connectivity index (χ4v) is 3.01. The minimum absolute atomic E-state index is 0.374. The average molecular weight is 224 g/mol. The number of nitrogens with zero attached hydrogens (tertiary/aromatic N) is 1. The van der Waals surface area contributed by atoms with Crippen LogP contribution in [0.25, 0.3) is 0 Å². The maximum atomic E-state index is 6.28. The van der Waals surface area contributed by atoms with Gasteiger partial charge >= 0.3 is 0 Å². The second-order valence-electron chi connectivity index (χ2n) is 6.62. The third-order valence-electron chi connectivity index (χ3n) is 4.64. The van der Waals surface area contributed by atoms with Gasteiger partial charge in [-0.15, -0.1) is 0 Å². The highest BCUT2D eigenvalue weighted by Crippen LogP contribution is 2.39. The van der Waals surface area contributed by atoms with Crippen molar-refractivity contribution in [1.29, 1.82) is 0 Å². The van der Waals surface area contributed by atoms with Crippen LogP contribution in [0.4, 0.5) is 0 Å². The summed E-state index contributed by atoms with van der Waals surface area (Å²) in [4.78, 5) is 2.67. The van der Waals surface area contributed by atoms with E-state index in [0.29, 0.717) is 17.5 Å². The molecule has 0 saturated heterocycles. The first-order chi connectivity index (χ1) is 7.51. The largest absolute Gasteiger partial charge is 0.327 e. The molecule has 2 aliphatic rings. The van der Waals surface area contributed by atoms with E-state index in [4.69, 9.17) is 5.73 Å². The average Bonchev–Trinajstić information content (AvgIpc) is 2.94. The summed E-state index contributed by atoms with van der Waals surface area (Å²) in [6.45, 7) is 9.56. The number of hydrogen-bond acceptors (Lipinski definition) is 2. The summed E-state index contributed by atoms with van der Waals surface area (Å²) in [7, 11) is 0. The first-order valence-electron chi connectivity index (χ1n) is 7.01. The normalized spacial score (nSPS) is 35.2. The minimum Gasteiger partial charge on any atom is -0.327 e. The van der Waals surface area contributed by atoms with E-state index in [1.54, 1.807) is 0 Å². The highest BCUT2D eigenvalue weighted by molar-refractivity contribution is 4.94. The van der Waals surface area contributed by atoms with E-state index < -0.39 is 0 Å². The third-order valence-corrected chi connectivity index (χ3v) is 4.64. The van der Waals surface area contributed by atoms with Crippen LogP contribution in [-0.4, -0.2) is 30.1 Å². The van der Waals surface area contributed by atoms with Crippen LogP contribution < -0.4 is 5.73 Å². The maximum Gasteiger partial charge on any atom is 0.0105 e. The van der Waals surface area contributed by atoms with Gasteiger partial charge in [0.25, 0.3) is 0 Å². The Morgan fingerprint density at radius 2 is 2.00 bits per heavy atom. The highest BCUT2D eigenvalue weighted by Gasteiger charge is 2.39. The first kappa shape index (κ1) is 12.4. The molecule has 94 valence electrons. The van der Waals surface area contributed by atoms with Crippen molar-refractivity contribution in [3.8, 4) is 0 Å². The molecule has 0 amide bonds. The van der Waals surface area contributed by atoms with Gasteiger partial charge in [0.15, 0.2) is 0 Å². The van der Waals surface area contributed by atoms with Gasteiger partial charge in [-0.3, -0.25) is 0 Å². The van der Waals surface area contributed by atoms with Crippen molar-refractivity contribution in [2.45, 2.75) is 65.0 Å². The van der Waals surface area contributed by atoms with Crippen molar-refractivity contribution in [1.82, 2.24) is 4.90 Å². The van der Waals surface area contributed by atoms with Crippen molar-refractivity contribution in [3.05, 3.63) is 0 Å². The van der Waals surface area contributed by atoms with Gasteiger partial charge in [0.05, 0.1) is 0 Å². The quantitative estimate of drug-likeness (QED) is 0.778. The van der Waals surface area contributed by atoms with Crippen LogP contribution in [0.2, 0.25) is 0 Å². The molecule has 2 N–H and O–H groups in total. The molecular formula is C14H28N2. The van der Waals surface area contributed by atoms with Crippen LogP contribution in [-0.2, 0) is 0 Å². The maximum absolute atomic E-state index is 6.28. The predicted octanol–water partition coefficient (Wildman–Crippen LogP) is 2.62. The van der Waals surface area contributed by atoms with Gasteiger partial charge in [-0.1, -0.05) is 13.3 Å². The molecule has 0 spiro atoms. The Labute approximate surface area is 101 Å². The molecule has 0 aliphatic heterocycles. The van der Waals surface area contributed by atoms with Crippen LogP contribution in [0, 0.1) is 11.3 Å². The lowest BCUT2D eigenvalue weighted by Gasteiger charge is -2.37. The Bertz CT molecular complexity index is 235. The molecule has 0 aromatic heterocycles. The van der Waals surface area contributed by atoms with Crippen molar-refractivity contribution < 1.29 is 0 Å². The van der Waals surface area contributed by atoms with Crippen LogP contribution in [0.1, 0.15) is 52.9 Å². The molecule has 2 saturated carbocycles. The molecule has 0 aromatic rings. The van der Waals surface area contributed by atoms with E-state index in [0.717, 1.165) is 5.92 Å². The molecule has 0 bridgehead atoms. The molecule has 2 nitrogen and oxygen atoms in total. The van der Waals surface area contributed by atoms with E-state index in [1.807, 2.05) is 0 Å². The van der Waals surface area contributed by atoms with E-state index in [2.05, 4.69) is 25.7 Å². The van der Waals surface area contributed by atoms with Gasteiger partial charge in [0.2, 0.25) is 0 Å². The second kappa shape index (κ2) is 4.66. The molecule has 2 rings (SSSR count). The topological polar surface area (TPSA) is 29.3 Å². The lowest BCUT2D eigenvalue weighted by atomic mass is 9.84. The summed E-state index contributed by atoms with van der Waals surface area (Å²) in [5, 5.41) is 0. The van der Waals surface area contributed by atoms with Crippen LogP contribution in [0.3, 0.4) is 0 Å². The summed E-state index contributed by atoms with van der Waals surface area (Å²) in [6.07, 6.45) is 6.78. The Kier molecular flexibility index (Phi) is 3.60. The zero-order valence-corrected chi connectivity index (χ0v) is 11.2. The second-order valence-corrected chi connectivity index (χ2v) is 6.62. The Hall–Kier alpha value is -0.0800. The molecule has 0 radical (unpaired) electrons. The molecule has 2 aliphatic carbocycles. The third kappa shape index (κ3) is 2.78. The first-order valence-corrected chi connectivity index (χ1v) is 7.01. The van der Waals surface area contributed by atoms with Crippen LogP contribution >= 0.6 is 0 Å². The Balaban J connectivity index is 1.92. The van der Waals surface area contributed by atoms with Crippen molar-refractivity contribution >= 4 is 0 Å².